The maximum absolute atomic E-state index is 6.25. The molecule has 0 amide bonds. The zero-order valence-corrected chi connectivity index (χ0v) is 9.43. The number of hydrogen-bond donors (Lipinski definition) is 0. The average Bonchev–Trinajstić information content (AvgIpc) is 1.81. The minimum Gasteiger partial charge on any atom is -1.00 e. The first-order chi connectivity index (χ1) is 3.00. The summed E-state index contributed by atoms with van der Waals surface area (Å²) in [5.74, 6) is 0. The average molecular weight is 315 g/mol. The van der Waals surface area contributed by atoms with Crippen molar-refractivity contribution in [2.24, 2.45) is 0 Å². The van der Waals surface area contributed by atoms with Crippen LogP contribution < -0.4 is 51.4 Å². The molecule has 0 N–H and O–H groups in total. The first-order valence-corrected chi connectivity index (χ1v) is 0.671. The maximum atomic E-state index is 6.25. The van der Waals surface area contributed by atoms with E-state index in [2.05, 4.69) is 0 Å². The van der Waals surface area contributed by atoms with Crippen molar-refractivity contribution < 1.29 is 75.2 Å². The van der Waals surface area contributed by atoms with Gasteiger partial charge in [0.05, 0.1) is 0 Å². The van der Waals surface area contributed by atoms with E-state index in [9.17, 15) is 0 Å². The molecule has 0 aromatic carbocycles. The Labute approximate surface area is 109 Å². The van der Waals surface area contributed by atoms with Gasteiger partial charge in [-0.2, -0.15) is 0 Å². The molecule has 3 nitrogen and oxygen atoms in total. The third-order valence-electron chi connectivity index (χ3n) is 0. The van der Waals surface area contributed by atoms with Crippen molar-refractivity contribution >= 4 is 0 Å². The molecule has 8 heavy (non-hydrogen) atoms. The summed E-state index contributed by atoms with van der Waals surface area (Å²) >= 11 is 0. The third-order valence-corrected chi connectivity index (χ3v) is 0. The van der Waals surface area contributed by atoms with Crippen LogP contribution in [0.3, 0.4) is 0 Å². The summed E-state index contributed by atoms with van der Waals surface area (Å²) in [5, 5.41) is 18.8. The van der Waals surface area contributed by atoms with E-state index in [0.29, 0.717) is 0 Å². The van der Waals surface area contributed by atoms with Gasteiger partial charge in [-0.05, 0) is 0 Å². The van der Waals surface area contributed by atoms with E-state index in [1.54, 1.807) is 0 Å². The van der Waals surface area contributed by atoms with E-state index < -0.39 is 0 Å². The van der Waals surface area contributed by atoms with Crippen LogP contribution in [0.1, 0.15) is 1.43 Å². The van der Waals surface area contributed by atoms with Crippen LogP contribution in [0.25, 0.3) is 0 Å². The van der Waals surface area contributed by atoms with Crippen LogP contribution in [0.15, 0.2) is 0 Å². The van der Waals surface area contributed by atoms with Crippen LogP contribution in [0, 0.1) is 35.5 Å². The summed E-state index contributed by atoms with van der Waals surface area (Å²) in [6, 6.07) is 0. The fraction of sp³-hybridized carbons (Fsp3) is 0. The second-order valence-corrected chi connectivity index (χ2v) is 0. The van der Waals surface area contributed by atoms with E-state index in [4.69, 9.17) is 35.5 Å². The van der Waals surface area contributed by atoms with Crippen LogP contribution in [0.4, 0.5) is 0 Å². The molecule has 0 atom stereocenters. The fourth-order valence-electron chi connectivity index (χ4n) is 0. The summed E-state index contributed by atoms with van der Waals surface area (Å²) < 4.78 is 0. The number of hydrogen-bond acceptors (Lipinski definition) is 3. The Balaban J connectivity index is -0.00000000321. The van der Waals surface area contributed by atoms with Crippen molar-refractivity contribution in [1.82, 2.24) is 0 Å². The van der Waals surface area contributed by atoms with Gasteiger partial charge in [0.1, 0.15) is 0 Å². The Morgan fingerprint density at radius 3 is 0.750 bits per heavy atom. The van der Waals surface area contributed by atoms with Gasteiger partial charge in [-0.1, -0.05) is 0 Å². The standard InChI is InChI=1S/3CN.Au.K.H/c3*1-2;;;/q3*-1;+3;+1;-1. The molecule has 0 rings (SSSR count). The smallest absolute Gasteiger partial charge is 1.00 e. The summed E-state index contributed by atoms with van der Waals surface area (Å²) in [7, 11) is 0. The Hall–Kier alpha value is 0.847. The summed E-state index contributed by atoms with van der Waals surface area (Å²) in [5.41, 5.74) is 0. The van der Waals surface area contributed by atoms with Gasteiger partial charge in [-0.15, -0.1) is 0 Å². The van der Waals surface area contributed by atoms with Crippen molar-refractivity contribution in [2.75, 3.05) is 0 Å². The quantitative estimate of drug-likeness (QED) is 0.364. The van der Waals surface area contributed by atoms with Gasteiger partial charge in [-0.3, -0.25) is 0 Å². The summed E-state index contributed by atoms with van der Waals surface area (Å²) in [6.45, 7) is 14.2. The summed E-state index contributed by atoms with van der Waals surface area (Å²) in [6.07, 6.45) is 0. The molecule has 0 spiro atoms. The SMILES string of the molecule is [Au+3].[C-]#N.[C-]#N.[C-]#N.[H-].[K+]. The zero-order chi connectivity index (χ0) is 6.00. The Kier molecular flexibility index (Phi) is 2360. The summed E-state index contributed by atoms with van der Waals surface area (Å²) in [4.78, 5) is 0. The monoisotopic (exact) mass is 315 g/mol. The Morgan fingerprint density at radius 2 is 0.750 bits per heavy atom. The Bertz CT molecular complexity index is 47.5. The first-order valence-electron chi connectivity index (χ1n) is 0.671. The van der Waals surface area contributed by atoms with Crippen molar-refractivity contribution in [3.8, 4) is 0 Å². The molecular formula is C3HAuKN3. The molecule has 0 radical (unpaired) electrons. The van der Waals surface area contributed by atoms with Gasteiger partial charge in [-0.25, -0.2) is 0 Å². The molecule has 0 saturated heterocycles. The van der Waals surface area contributed by atoms with Gasteiger partial charge in [0.2, 0.25) is 0 Å². The largest absolute Gasteiger partial charge is 3.00 e. The molecule has 0 aromatic heterocycles. The van der Waals surface area contributed by atoms with Gasteiger partial charge in [0.15, 0.2) is 0 Å². The van der Waals surface area contributed by atoms with Gasteiger partial charge >= 0.3 is 73.8 Å². The van der Waals surface area contributed by atoms with Crippen LogP contribution in [0.2, 0.25) is 0 Å². The zero-order valence-electron chi connectivity index (χ0n) is 5.14. The van der Waals surface area contributed by atoms with Crippen molar-refractivity contribution in [3.63, 3.8) is 0 Å². The van der Waals surface area contributed by atoms with Gasteiger partial charge in [0, 0.05) is 0 Å². The Morgan fingerprint density at radius 1 is 0.750 bits per heavy atom. The minimum absolute atomic E-state index is 0. The van der Waals surface area contributed by atoms with Crippen molar-refractivity contribution in [2.45, 2.75) is 0 Å². The van der Waals surface area contributed by atoms with E-state index in [1.165, 1.54) is 0 Å². The molecule has 5 heteroatoms. The molecule has 0 bridgehead atoms. The predicted octanol–water partition coefficient (Wildman–Crippen LogP) is -2.60. The van der Waals surface area contributed by atoms with Crippen molar-refractivity contribution in [3.05, 3.63) is 19.7 Å². The minimum atomic E-state index is 0. The normalized spacial score (nSPS) is 0.750. The van der Waals surface area contributed by atoms with E-state index in [0.717, 1.165) is 0 Å². The second kappa shape index (κ2) is 513. The third kappa shape index (κ3) is 327. The maximum Gasteiger partial charge on any atom is 3.00 e. The van der Waals surface area contributed by atoms with Crippen LogP contribution >= 0.6 is 0 Å². The van der Waals surface area contributed by atoms with Crippen LogP contribution in [-0.2, 0) is 22.4 Å². The fourth-order valence-corrected chi connectivity index (χ4v) is 0. The van der Waals surface area contributed by atoms with E-state index in [1.807, 2.05) is 0 Å². The van der Waals surface area contributed by atoms with Crippen LogP contribution in [-0.4, -0.2) is 0 Å². The molecule has 0 heterocycles. The molecule has 40 valence electrons. The molecule has 0 saturated carbocycles. The van der Waals surface area contributed by atoms with Gasteiger partial charge < -0.3 is 36.9 Å². The molecule has 0 fully saturated rings. The predicted molar refractivity (Wildman–Crippen MR) is 16.0 cm³/mol. The van der Waals surface area contributed by atoms with Gasteiger partial charge in [0.25, 0.3) is 0 Å². The first kappa shape index (κ1) is 36.8. The molecular weight excluding hydrogens is 314 g/mol. The topological polar surface area (TPSA) is 71.4 Å². The van der Waals surface area contributed by atoms with E-state index in [-0.39, 0.29) is 75.2 Å². The number of rotatable bonds is 0. The van der Waals surface area contributed by atoms with Crippen LogP contribution in [0.5, 0.6) is 0 Å². The molecule has 0 aliphatic heterocycles. The molecule has 0 aliphatic rings. The van der Waals surface area contributed by atoms with E-state index >= 15 is 0 Å². The molecule has 0 aromatic rings. The number of nitrogens with zero attached hydrogens (tertiary/aromatic N) is 3. The van der Waals surface area contributed by atoms with Crippen molar-refractivity contribution in [1.29, 1.82) is 15.8 Å². The second-order valence-electron chi connectivity index (χ2n) is 0. The molecule has 0 unspecified atom stereocenters. The molecule has 0 aliphatic carbocycles.